The molecule has 1 saturated heterocycles. The van der Waals surface area contributed by atoms with E-state index in [1.54, 1.807) is 4.90 Å². The lowest BCUT2D eigenvalue weighted by Crippen LogP contribution is -2.40. The number of benzene rings is 1. The van der Waals surface area contributed by atoms with Crippen LogP contribution in [-0.2, 0) is 27.1 Å². The number of anilines is 1. The Kier molecular flexibility index (Phi) is 6.45. The first kappa shape index (κ1) is 18.2. The van der Waals surface area contributed by atoms with E-state index in [1.165, 1.54) is 0 Å². The van der Waals surface area contributed by atoms with Gasteiger partial charge < -0.3 is 14.4 Å². The number of rotatable bonds is 6. The van der Waals surface area contributed by atoms with Gasteiger partial charge in [-0.3, -0.25) is 4.79 Å². The molecule has 1 amide bonds. The molecule has 0 aromatic heterocycles. The van der Waals surface area contributed by atoms with E-state index in [0.29, 0.717) is 6.54 Å². The molecule has 2 unspecified atom stereocenters. The van der Waals surface area contributed by atoms with Crippen LogP contribution in [0.2, 0.25) is 0 Å². The van der Waals surface area contributed by atoms with Crippen LogP contribution in [0.3, 0.4) is 0 Å². The highest BCUT2D eigenvalue weighted by Crippen LogP contribution is 2.29. The van der Waals surface area contributed by atoms with Crippen LogP contribution >= 0.6 is 11.6 Å². The predicted octanol–water partition coefficient (Wildman–Crippen LogP) is 3.53. The Bertz CT molecular complexity index is 517. The van der Waals surface area contributed by atoms with E-state index in [1.807, 2.05) is 19.9 Å². The molecule has 1 aliphatic rings. The Labute approximate surface area is 143 Å². The minimum absolute atomic E-state index is 0.0278. The number of carbonyl (C=O) groups excluding carboxylic acids is 1. The maximum atomic E-state index is 12.5. The highest BCUT2D eigenvalue weighted by atomic mass is 35.5. The van der Waals surface area contributed by atoms with Gasteiger partial charge in [0.15, 0.2) is 6.29 Å². The fourth-order valence-electron chi connectivity index (χ4n) is 2.92. The zero-order valence-corrected chi connectivity index (χ0v) is 15.1. The molecule has 128 valence electrons. The first-order valence-electron chi connectivity index (χ1n) is 8.29. The first-order valence-corrected chi connectivity index (χ1v) is 8.83. The number of carbonyl (C=O) groups is 1. The van der Waals surface area contributed by atoms with Crippen LogP contribution in [-0.4, -0.2) is 36.8 Å². The molecule has 2 atom stereocenters. The summed E-state index contributed by atoms with van der Waals surface area (Å²) in [6.45, 7) is 8.51. The standard InChI is InChI=1S/C18H26ClNO3/c1-5-14-8-7-9-15(6-2)18(14)20(16(21)10-19)11-17-22-12(3)13(4)23-17/h7-9,12-13,17H,5-6,10-11H2,1-4H3. The van der Waals surface area contributed by atoms with Crippen LogP contribution < -0.4 is 4.90 Å². The zero-order chi connectivity index (χ0) is 17.0. The molecule has 4 nitrogen and oxygen atoms in total. The fraction of sp³-hybridized carbons (Fsp3) is 0.611. The Morgan fingerprint density at radius 3 is 2.09 bits per heavy atom. The van der Waals surface area contributed by atoms with Gasteiger partial charge in [0, 0.05) is 0 Å². The van der Waals surface area contributed by atoms with Crippen molar-refractivity contribution in [3.8, 4) is 0 Å². The Morgan fingerprint density at radius 1 is 1.13 bits per heavy atom. The van der Waals surface area contributed by atoms with Crippen LogP contribution in [0.1, 0.15) is 38.8 Å². The van der Waals surface area contributed by atoms with Gasteiger partial charge in [-0.2, -0.15) is 0 Å². The predicted molar refractivity (Wildman–Crippen MR) is 93.2 cm³/mol. The maximum absolute atomic E-state index is 12.5. The van der Waals surface area contributed by atoms with Crippen molar-refractivity contribution in [2.24, 2.45) is 0 Å². The zero-order valence-electron chi connectivity index (χ0n) is 14.3. The average molecular weight is 340 g/mol. The number of hydrogen-bond acceptors (Lipinski definition) is 3. The van der Waals surface area contributed by atoms with Crippen molar-refractivity contribution in [1.29, 1.82) is 0 Å². The molecule has 2 rings (SSSR count). The molecule has 0 saturated carbocycles. The van der Waals surface area contributed by atoms with Gasteiger partial charge in [-0.25, -0.2) is 0 Å². The monoisotopic (exact) mass is 339 g/mol. The third kappa shape index (κ3) is 4.06. The molecule has 1 aromatic carbocycles. The molecule has 1 heterocycles. The van der Waals surface area contributed by atoms with Gasteiger partial charge in [0.25, 0.3) is 0 Å². The van der Waals surface area contributed by atoms with E-state index in [4.69, 9.17) is 21.1 Å². The Hall–Kier alpha value is -1.10. The first-order chi connectivity index (χ1) is 11.0. The van der Waals surface area contributed by atoms with E-state index in [2.05, 4.69) is 26.0 Å². The molecule has 1 aliphatic heterocycles. The van der Waals surface area contributed by atoms with Crippen LogP contribution in [0.5, 0.6) is 0 Å². The van der Waals surface area contributed by atoms with Crippen molar-refractivity contribution < 1.29 is 14.3 Å². The molecule has 0 spiro atoms. The number of halogens is 1. The number of hydrogen-bond donors (Lipinski definition) is 0. The third-order valence-corrected chi connectivity index (χ3v) is 4.60. The van der Waals surface area contributed by atoms with Crippen molar-refractivity contribution >= 4 is 23.2 Å². The average Bonchev–Trinajstić information content (AvgIpc) is 2.89. The normalized spacial score (nSPS) is 24.0. The molecular formula is C18H26ClNO3. The smallest absolute Gasteiger partial charge is 0.242 e. The minimum atomic E-state index is -0.415. The van der Waals surface area contributed by atoms with Crippen molar-refractivity contribution in [2.75, 3.05) is 17.3 Å². The minimum Gasteiger partial charge on any atom is -0.345 e. The number of aryl methyl sites for hydroxylation is 2. The SMILES string of the molecule is CCc1cccc(CC)c1N(CC1OC(C)C(C)O1)C(=O)CCl. The number of amides is 1. The molecule has 0 N–H and O–H groups in total. The van der Waals surface area contributed by atoms with E-state index < -0.39 is 6.29 Å². The summed E-state index contributed by atoms with van der Waals surface area (Å²) in [6.07, 6.45) is 1.35. The molecule has 23 heavy (non-hydrogen) atoms. The summed E-state index contributed by atoms with van der Waals surface area (Å²) in [7, 11) is 0. The Morgan fingerprint density at radius 2 is 1.65 bits per heavy atom. The summed E-state index contributed by atoms with van der Waals surface area (Å²) >= 11 is 5.86. The number of ether oxygens (including phenoxy) is 2. The lowest BCUT2D eigenvalue weighted by Gasteiger charge is -2.29. The molecule has 1 fully saturated rings. The summed E-state index contributed by atoms with van der Waals surface area (Å²) in [6, 6.07) is 6.16. The van der Waals surface area contributed by atoms with E-state index in [-0.39, 0.29) is 24.0 Å². The van der Waals surface area contributed by atoms with Crippen molar-refractivity contribution in [1.82, 2.24) is 0 Å². The van der Waals surface area contributed by atoms with Gasteiger partial charge in [0.1, 0.15) is 5.88 Å². The summed E-state index contributed by atoms with van der Waals surface area (Å²) in [4.78, 5) is 14.2. The van der Waals surface area contributed by atoms with Crippen molar-refractivity contribution in [2.45, 2.75) is 59.0 Å². The van der Waals surface area contributed by atoms with Crippen LogP contribution in [0.15, 0.2) is 18.2 Å². The Balaban J connectivity index is 2.34. The van der Waals surface area contributed by atoms with Gasteiger partial charge in [0.2, 0.25) is 5.91 Å². The van der Waals surface area contributed by atoms with Gasteiger partial charge in [0.05, 0.1) is 24.4 Å². The summed E-state index contributed by atoms with van der Waals surface area (Å²) in [5.41, 5.74) is 3.24. The van der Waals surface area contributed by atoms with Gasteiger partial charge >= 0.3 is 0 Å². The van der Waals surface area contributed by atoms with Crippen molar-refractivity contribution in [3.63, 3.8) is 0 Å². The van der Waals surface area contributed by atoms with Crippen molar-refractivity contribution in [3.05, 3.63) is 29.3 Å². The van der Waals surface area contributed by atoms with E-state index in [0.717, 1.165) is 29.7 Å². The molecule has 0 bridgehead atoms. The second-order valence-electron chi connectivity index (χ2n) is 5.88. The summed E-state index contributed by atoms with van der Waals surface area (Å²) in [5.74, 6) is -0.180. The summed E-state index contributed by atoms with van der Waals surface area (Å²) in [5, 5.41) is 0. The molecule has 0 radical (unpaired) electrons. The topological polar surface area (TPSA) is 38.8 Å². The van der Waals surface area contributed by atoms with Crippen LogP contribution in [0.4, 0.5) is 5.69 Å². The van der Waals surface area contributed by atoms with Crippen LogP contribution in [0.25, 0.3) is 0 Å². The third-order valence-electron chi connectivity index (χ3n) is 4.38. The van der Waals surface area contributed by atoms with Gasteiger partial charge in [-0.1, -0.05) is 32.0 Å². The molecule has 1 aromatic rings. The molecular weight excluding hydrogens is 314 g/mol. The molecule has 5 heteroatoms. The lowest BCUT2D eigenvalue weighted by atomic mass is 10.0. The fourth-order valence-corrected chi connectivity index (χ4v) is 3.06. The highest BCUT2D eigenvalue weighted by Gasteiger charge is 2.33. The second kappa shape index (κ2) is 8.13. The van der Waals surface area contributed by atoms with E-state index >= 15 is 0 Å². The lowest BCUT2D eigenvalue weighted by molar-refractivity contribution is -0.118. The van der Waals surface area contributed by atoms with Gasteiger partial charge in [-0.05, 0) is 37.8 Å². The van der Waals surface area contributed by atoms with Crippen LogP contribution in [0, 0.1) is 0 Å². The quantitative estimate of drug-likeness (QED) is 0.744. The summed E-state index contributed by atoms with van der Waals surface area (Å²) < 4.78 is 11.6. The molecule has 0 aliphatic carbocycles. The van der Waals surface area contributed by atoms with E-state index in [9.17, 15) is 4.79 Å². The highest BCUT2D eigenvalue weighted by molar-refractivity contribution is 6.29. The number of nitrogens with zero attached hydrogens (tertiary/aromatic N) is 1. The number of para-hydroxylation sites is 1. The maximum Gasteiger partial charge on any atom is 0.242 e. The number of alkyl halides is 1. The second-order valence-corrected chi connectivity index (χ2v) is 6.15. The van der Waals surface area contributed by atoms with Gasteiger partial charge in [-0.15, -0.1) is 11.6 Å². The largest absolute Gasteiger partial charge is 0.345 e.